The van der Waals surface area contributed by atoms with Crippen molar-refractivity contribution < 1.29 is 14.3 Å². The van der Waals surface area contributed by atoms with Gasteiger partial charge >= 0.3 is 0 Å². The van der Waals surface area contributed by atoms with Crippen molar-refractivity contribution in [1.29, 1.82) is 0 Å². The van der Waals surface area contributed by atoms with Gasteiger partial charge in [-0.15, -0.1) is 0 Å². The highest BCUT2D eigenvalue weighted by molar-refractivity contribution is 6.06. The number of carbonyl (C=O) groups excluding carboxylic acids is 2. The molecule has 2 amide bonds. The van der Waals surface area contributed by atoms with Gasteiger partial charge in [-0.3, -0.25) is 9.59 Å². The van der Waals surface area contributed by atoms with Crippen LogP contribution in [0.1, 0.15) is 36.6 Å². The largest absolute Gasteiger partial charge is 0.494 e. The van der Waals surface area contributed by atoms with Gasteiger partial charge in [-0.2, -0.15) is 0 Å². The topological polar surface area (TPSA) is 58.6 Å². The number of anilines is 1. The molecular formula is C20H22N2O3. The maximum absolute atomic E-state index is 12.9. The van der Waals surface area contributed by atoms with E-state index in [4.69, 9.17) is 4.74 Å². The van der Waals surface area contributed by atoms with E-state index in [1.165, 1.54) is 6.92 Å². The zero-order valence-corrected chi connectivity index (χ0v) is 14.7. The van der Waals surface area contributed by atoms with Gasteiger partial charge in [0.05, 0.1) is 13.2 Å². The fourth-order valence-electron chi connectivity index (χ4n) is 3.10. The molecule has 0 bridgehead atoms. The predicted octanol–water partition coefficient (Wildman–Crippen LogP) is 3.12. The quantitative estimate of drug-likeness (QED) is 0.911. The number of amides is 2. The van der Waals surface area contributed by atoms with Crippen LogP contribution in [-0.2, 0) is 16.1 Å². The number of ether oxygens (including phenoxy) is 1. The first-order chi connectivity index (χ1) is 12.0. The lowest BCUT2D eigenvalue weighted by Gasteiger charge is -2.18. The molecule has 0 spiro atoms. The van der Waals surface area contributed by atoms with E-state index < -0.39 is 6.04 Å². The summed E-state index contributed by atoms with van der Waals surface area (Å²) in [6, 6.07) is 13.0. The van der Waals surface area contributed by atoms with Crippen LogP contribution in [0, 0.1) is 6.92 Å². The summed E-state index contributed by atoms with van der Waals surface area (Å²) in [5, 5.41) is 2.77. The number of hydrogen-bond donors (Lipinski definition) is 1. The van der Waals surface area contributed by atoms with Crippen molar-refractivity contribution in [3.05, 3.63) is 59.2 Å². The Balaban J connectivity index is 1.88. The average Bonchev–Trinajstić information content (AvgIpc) is 2.81. The minimum absolute atomic E-state index is 0.107. The van der Waals surface area contributed by atoms with Crippen LogP contribution in [0.2, 0.25) is 0 Å². The zero-order valence-electron chi connectivity index (χ0n) is 14.7. The fourth-order valence-corrected chi connectivity index (χ4v) is 3.10. The maximum atomic E-state index is 12.9. The molecule has 25 heavy (non-hydrogen) atoms. The lowest BCUT2D eigenvalue weighted by molar-refractivity contribution is -0.126. The summed E-state index contributed by atoms with van der Waals surface area (Å²) in [7, 11) is 0. The van der Waals surface area contributed by atoms with Crippen LogP contribution in [0.15, 0.2) is 42.5 Å². The molecule has 5 nitrogen and oxygen atoms in total. The molecule has 0 saturated carbocycles. The van der Waals surface area contributed by atoms with Crippen molar-refractivity contribution in [1.82, 2.24) is 5.32 Å². The zero-order chi connectivity index (χ0) is 18.0. The van der Waals surface area contributed by atoms with Gasteiger partial charge in [-0.1, -0.05) is 29.8 Å². The van der Waals surface area contributed by atoms with Gasteiger partial charge in [0.2, 0.25) is 5.91 Å². The van der Waals surface area contributed by atoms with E-state index in [1.807, 2.05) is 56.3 Å². The van der Waals surface area contributed by atoms with Crippen molar-refractivity contribution in [3.63, 3.8) is 0 Å². The molecule has 0 saturated heterocycles. The van der Waals surface area contributed by atoms with Crippen LogP contribution < -0.4 is 15.0 Å². The summed E-state index contributed by atoms with van der Waals surface area (Å²) in [5.41, 5.74) is 3.77. The molecule has 0 unspecified atom stereocenters. The Morgan fingerprint density at radius 1 is 1.20 bits per heavy atom. The Morgan fingerprint density at radius 2 is 1.92 bits per heavy atom. The third kappa shape index (κ3) is 3.50. The number of aryl methyl sites for hydroxylation is 1. The molecular weight excluding hydrogens is 316 g/mol. The molecule has 1 N–H and O–H groups in total. The second-order valence-corrected chi connectivity index (χ2v) is 6.20. The van der Waals surface area contributed by atoms with Crippen molar-refractivity contribution in [2.24, 2.45) is 0 Å². The van der Waals surface area contributed by atoms with Gasteiger partial charge in [0.1, 0.15) is 11.8 Å². The van der Waals surface area contributed by atoms with Crippen LogP contribution >= 0.6 is 0 Å². The molecule has 1 aliphatic heterocycles. The molecule has 2 aromatic carbocycles. The molecule has 3 rings (SSSR count). The molecule has 1 atom stereocenters. The van der Waals surface area contributed by atoms with Crippen LogP contribution in [-0.4, -0.2) is 18.4 Å². The molecule has 0 radical (unpaired) electrons. The Morgan fingerprint density at radius 3 is 2.56 bits per heavy atom. The lowest BCUT2D eigenvalue weighted by atomic mass is 10.1. The Kier molecular flexibility index (Phi) is 4.74. The molecule has 1 heterocycles. The highest BCUT2D eigenvalue weighted by Gasteiger charge is 2.37. The van der Waals surface area contributed by atoms with Crippen LogP contribution in [0.25, 0.3) is 0 Å². The average molecular weight is 338 g/mol. The number of benzene rings is 2. The normalized spacial score (nSPS) is 15.9. The summed E-state index contributed by atoms with van der Waals surface area (Å²) in [6.07, 6.45) is 0. The van der Waals surface area contributed by atoms with Gasteiger partial charge in [0.15, 0.2) is 0 Å². The second kappa shape index (κ2) is 6.97. The van der Waals surface area contributed by atoms with Crippen molar-refractivity contribution in [3.8, 4) is 5.75 Å². The number of carbonyl (C=O) groups is 2. The number of nitrogens with one attached hydrogen (secondary N) is 1. The number of fused-ring (bicyclic) bond motifs is 1. The summed E-state index contributed by atoms with van der Waals surface area (Å²) in [4.78, 5) is 26.1. The highest BCUT2D eigenvalue weighted by Crippen LogP contribution is 2.37. The van der Waals surface area contributed by atoms with Gasteiger partial charge in [-0.05, 0) is 37.6 Å². The molecule has 0 aliphatic carbocycles. The highest BCUT2D eigenvalue weighted by atomic mass is 16.5. The molecule has 2 aromatic rings. The third-order valence-corrected chi connectivity index (χ3v) is 4.22. The third-order valence-electron chi connectivity index (χ3n) is 4.22. The smallest absolute Gasteiger partial charge is 0.254 e. The SMILES string of the molecule is CCOc1ccc(CN2C(=O)[C@H](NC(C)=O)c3cc(C)ccc32)cc1. The van der Waals surface area contributed by atoms with E-state index in [0.29, 0.717) is 13.2 Å². The molecule has 0 aromatic heterocycles. The fraction of sp³-hybridized carbons (Fsp3) is 0.300. The summed E-state index contributed by atoms with van der Waals surface area (Å²) >= 11 is 0. The van der Waals surface area contributed by atoms with Crippen LogP contribution in [0.5, 0.6) is 5.75 Å². The van der Waals surface area contributed by atoms with E-state index in [0.717, 1.165) is 28.1 Å². The van der Waals surface area contributed by atoms with Crippen molar-refractivity contribution in [2.75, 3.05) is 11.5 Å². The van der Waals surface area contributed by atoms with E-state index in [9.17, 15) is 9.59 Å². The predicted molar refractivity (Wildman–Crippen MR) is 96.5 cm³/mol. The minimum atomic E-state index is -0.616. The van der Waals surface area contributed by atoms with E-state index >= 15 is 0 Å². The minimum Gasteiger partial charge on any atom is -0.494 e. The Bertz CT molecular complexity index is 799. The summed E-state index contributed by atoms with van der Waals surface area (Å²) in [6.45, 7) is 6.42. The van der Waals surface area contributed by atoms with Gasteiger partial charge in [0, 0.05) is 18.2 Å². The number of hydrogen-bond acceptors (Lipinski definition) is 3. The first-order valence-electron chi connectivity index (χ1n) is 8.40. The summed E-state index contributed by atoms with van der Waals surface area (Å²) < 4.78 is 5.45. The lowest BCUT2D eigenvalue weighted by Crippen LogP contribution is -2.36. The summed E-state index contributed by atoms with van der Waals surface area (Å²) in [5.74, 6) is 0.490. The standard InChI is InChI=1S/C20H22N2O3/c1-4-25-16-8-6-15(7-9-16)12-22-18-10-5-13(2)11-17(18)19(20(22)24)21-14(3)23/h5-11,19H,4,12H2,1-3H3,(H,21,23)/t19-/m1/s1. The van der Waals surface area contributed by atoms with Crippen molar-refractivity contribution in [2.45, 2.75) is 33.4 Å². The number of nitrogens with zero attached hydrogens (tertiary/aromatic N) is 1. The first kappa shape index (κ1) is 17.0. The van der Waals surface area contributed by atoms with E-state index in [2.05, 4.69) is 5.32 Å². The first-order valence-corrected chi connectivity index (χ1v) is 8.40. The van der Waals surface area contributed by atoms with Gasteiger partial charge < -0.3 is 15.0 Å². The van der Waals surface area contributed by atoms with Crippen molar-refractivity contribution >= 4 is 17.5 Å². The molecule has 0 fully saturated rings. The van der Waals surface area contributed by atoms with Crippen LogP contribution in [0.3, 0.4) is 0 Å². The number of rotatable bonds is 5. The van der Waals surface area contributed by atoms with E-state index in [1.54, 1.807) is 4.90 Å². The molecule has 5 heteroatoms. The van der Waals surface area contributed by atoms with E-state index in [-0.39, 0.29) is 11.8 Å². The Labute approximate surface area is 147 Å². The Hall–Kier alpha value is -2.82. The van der Waals surface area contributed by atoms with Gasteiger partial charge in [-0.25, -0.2) is 0 Å². The molecule has 1 aliphatic rings. The van der Waals surface area contributed by atoms with Gasteiger partial charge in [0.25, 0.3) is 5.91 Å². The second-order valence-electron chi connectivity index (χ2n) is 6.20. The van der Waals surface area contributed by atoms with Crippen LogP contribution in [0.4, 0.5) is 5.69 Å². The maximum Gasteiger partial charge on any atom is 0.254 e. The molecule has 130 valence electrons. The monoisotopic (exact) mass is 338 g/mol.